The SMILES string of the molecule is CCc1ccccc1NC1CCCC(C(C)(C)C)CC1. The van der Waals surface area contributed by atoms with E-state index in [0.29, 0.717) is 11.5 Å². The van der Waals surface area contributed by atoms with Crippen molar-refractivity contribution < 1.29 is 0 Å². The second-order valence-corrected chi connectivity index (χ2v) is 7.42. The van der Waals surface area contributed by atoms with Crippen LogP contribution in [0, 0.1) is 11.3 Å². The molecule has 2 rings (SSSR count). The van der Waals surface area contributed by atoms with Crippen molar-refractivity contribution >= 4 is 5.69 Å². The molecule has 0 aromatic heterocycles. The van der Waals surface area contributed by atoms with E-state index in [2.05, 4.69) is 57.3 Å². The molecule has 0 saturated heterocycles. The standard InChI is InChI=1S/C19H31N/c1-5-15-9-6-7-12-18(15)20-17-11-8-10-16(13-14-17)19(2,3)4/h6-7,9,12,16-17,20H,5,8,10-11,13-14H2,1-4H3. The minimum Gasteiger partial charge on any atom is -0.382 e. The molecule has 1 aromatic carbocycles. The van der Waals surface area contributed by atoms with Crippen LogP contribution in [-0.4, -0.2) is 6.04 Å². The van der Waals surface area contributed by atoms with Crippen LogP contribution in [0.25, 0.3) is 0 Å². The highest BCUT2D eigenvalue weighted by Gasteiger charge is 2.27. The van der Waals surface area contributed by atoms with E-state index in [4.69, 9.17) is 0 Å². The van der Waals surface area contributed by atoms with Gasteiger partial charge in [0.1, 0.15) is 0 Å². The number of anilines is 1. The molecule has 1 saturated carbocycles. The van der Waals surface area contributed by atoms with E-state index in [1.807, 2.05) is 0 Å². The molecule has 1 N–H and O–H groups in total. The molecule has 2 atom stereocenters. The predicted octanol–water partition coefficient (Wildman–Crippen LogP) is 5.66. The van der Waals surface area contributed by atoms with Crippen LogP contribution in [0.1, 0.15) is 65.4 Å². The van der Waals surface area contributed by atoms with Crippen LogP contribution in [0.3, 0.4) is 0 Å². The summed E-state index contributed by atoms with van der Waals surface area (Å²) in [6.45, 7) is 9.44. The first kappa shape index (κ1) is 15.4. The Balaban J connectivity index is 1.97. The van der Waals surface area contributed by atoms with E-state index in [-0.39, 0.29) is 0 Å². The average Bonchev–Trinajstić information content (AvgIpc) is 2.64. The fraction of sp³-hybridized carbons (Fsp3) is 0.684. The third-order valence-corrected chi connectivity index (χ3v) is 4.95. The summed E-state index contributed by atoms with van der Waals surface area (Å²) in [5.74, 6) is 0.885. The average molecular weight is 273 g/mol. The van der Waals surface area contributed by atoms with Gasteiger partial charge in [0.2, 0.25) is 0 Å². The van der Waals surface area contributed by atoms with Crippen LogP contribution in [0.15, 0.2) is 24.3 Å². The molecule has 1 aromatic rings. The zero-order chi connectivity index (χ0) is 14.6. The Morgan fingerprint density at radius 3 is 2.50 bits per heavy atom. The molecule has 112 valence electrons. The molecule has 0 heterocycles. The van der Waals surface area contributed by atoms with Gasteiger partial charge in [-0.1, -0.05) is 52.3 Å². The van der Waals surface area contributed by atoms with Gasteiger partial charge in [-0.15, -0.1) is 0 Å². The molecule has 1 aliphatic rings. The summed E-state index contributed by atoms with van der Waals surface area (Å²) >= 11 is 0. The molecule has 1 heteroatoms. The fourth-order valence-corrected chi connectivity index (χ4v) is 3.50. The second kappa shape index (κ2) is 6.65. The van der Waals surface area contributed by atoms with Gasteiger partial charge in [0.05, 0.1) is 0 Å². The number of rotatable bonds is 3. The van der Waals surface area contributed by atoms with Gasteiger partial charge in [0.15, 0.2) is 0 Å². The van der Waals surface area contributed by atoms with E-state index in [1.165, 1.54) is 43.4 Å². The van der Waals surface area contributed by atoms with Crippen LogP contribution < -0.4 is 5.32 Å². The monoisotopic (exact) mass is 273 g/mol. The van der Waals surface area contributed by atoms with Gasteiger partial charge in [-0.2, -0.15) is 0 Å². The maximum atomic E-state index is 3.81. The summed E-state index contributed by atoms with van der Waals surface area (Å²) in [4.78, 5) is 0. The highest BCUT2D eigenvalue weighted by Crippen LogP contribution is 2.37. The van der Waals surface area contributed by atoms with E-state index in [9.17, 15) is 0 Å². The van der Waals surface area contributed by atoms with Gasteiger partial charge in [0, 0.05) is 11.7 Å². The first-order chi connectivity index (χ1) is 9.50. The zero-order valence-electron chi connectivity index (χ0n) is 13.7. The summed E-state index contributed by atoms with van der Waals surface area (Å²) in [5.41, 5.74) is 3.27. The Bertz CT molecular complexity index is 416. The molecule has 1 aliphatic carbocycles. The number of benzene rings is 1. The third-order valence-electron chi connectivity index (χ3n) is 4.95. The van der Waals surface area contributed by atoms with E-state index in [1.54, 1.807) is 0 Å². The number of aryl methyl sites for hydroxylation is 1. The summed E-state index contributed by atoms with van der Waals surface area (Å²) in [5, 5.41) is 3.81. The molecule has 1 nitrogen and oxygen atoms in total. The Labute approximate surface area is 125 Å². The highest BCUT2D eigenvalue weighted by atomic mass is 14.9. The van der Waals surface area contributed by atoms with Crippen LogP contribution >= 0.6 is 0 Å². The van der Waals surface area contributed by atoms with Crippen molar-refractivity contribution in [2.75, 3.05) is 5.32 Å². The van der Waals surface area contributed by atoms with Crippen molar-refractivity contribution in [2.45, 2.75) is 72.3 Å². The largest absolute Gasteiger partial charge is 0.382 e. The number of nitrogens with one attached hydrogen (secondary N) is 1. The molecule has 20 heavy (non-hydrogen) atoms. The lowest BCUT2D eigenvalue weighted by Gasteiger charge is -2.29. The van der Waals surface area contributed by atoms with Crippen molar-refractivity contribution in [3.8, 4) is 0 Å². The van der Waals surface area contributed by atoms with Crippen molar-refractivity contribution in [2.24, 2.45) is 11.3 Å². The topological polar surface area (TPSA) is 12.0 Å². The Morgan fingerprint density at radius 1 is 1.05 bits per heavy atom. The zero-order valence-corrected chi connectivity index (χ0v) is 13.7. The Kier molecular flexibility index (Phi) is 5.12. The van der Waals surface area contributed by atoms with Crippen molar-refractivity contribution in [1.29, 1.82) is 0 Å². The lowest BCUT2D eigenvalue weighted by atomic mass is 9.76. The molecule has 0 amide bonds. The Morgan fingerprint density at radius 2 is 1.80 bits per heavy atom. The van der Waals surface area contributed by atoms with E-state index < -0.39 is 0 Å². The smallest absolute Gasteiger partial charge is 0.0374 e. The van der Waals surface area contributed by atoms with Gasteiger partial charge >= 0.3 is 0 Å². The van der Waals surface area contributed by atoms with Crippen LogP contribution in [-0.2, 0) is 6.42 Å². The van der Waals surface area contributed by atoms with Crippen molar-refractivity contribution in [3.63, 3.8) is 0 Å². The van der Waals surface area contributed by atoms with Crippen molar-refractivity contribution in [1.82, 2.24) is 0 Å². The van der Waals surface area contributed by atoms with Crippen molar-refractivity contribution in [3.05, 3.63) is 29.8 Å². The first-order valence-electron chi connectivity index (χ1n) is 8.35. The van der Waals surface area contributed by atoms with Crippen LogP contribution in [0.4, 0.5) is 5.69 Å². The molecule has 0 bridgehead atoms. The van der Waals surface area contributed by atoms with Gasteiger partial charge in [-0.3, -0.25) is 0 Å². The summed E-state index contributed by atoms with van der Waals surface area (Å²) in [6.07, 6.45) is 7.89. The molecule has 0 spiro atoms. The van der Waals surface area contributed by atoms with Gasteiger partial charge in [-0.25, -0.2) is 0 Å². The number of para-hydroxylation sites is 1. The highest BCUT2D eigenvalue weighted by molar-refractivity contribution is 5.51. The number of hydrogen-bond acceptors (Lipinski definition) is 1. The molecular formula is C19H31N. The maximum absolute atomic E-state index is 3.81. The molecular weight excluding hydrogens is 242 g/mol. The quantitative estimate of drug-likeness (QED) is 0.701. The minimum atomic E-state index is 0.468. The fourth-order valence-electron chi connectivity index (χ4n) is 3.50. The summed E-state index contributed by atoms with van der Waals surface area (Å²) < 4.78 is 0. The predicted molar refractivity (Wildman–Crippen MR) is 89.3 cm³/mol. The first-order valence-corrected chi connectivity index (χ1v) is 8.35. The molecule has 0 aliphatic heterocycles. The second-order valence-electron chi connectivity index (χ2n) is 7.42. The third kappa shape index (κ3) is 4.01. The van der Waals surface area contributed by atoms with Crippen LogP contribution in [0.5, 0.6) is 0 Å². The van der Waals surface area contributed by atoms with Gasteiger partial charge in [0.25, 0.3) is 0 Å². The molecule has 0 radical (unpaired) electrons. The Hall–Kier alpha value is -0.980. The minimum absolute atomic E-state index is 0.468. The number of hydrogen-bond donors (Lipinski definition) is 1. The summed E-state index contributed by atoms with van der Waals surface area (Å²) in [6, 6.07) is 9.44. The van der Waals surface area contributed by atoms with E-state index in [0.717, 1.165) is 12.3 Å². The lowest BCUT2D eigenvalue weighted by Crippen LogP contribution is -2.22. The molecule has 2 unspecified atom stereocenters. The van der Waals surface area contributed by atoms with Crippen LogP contribution in [0.2, 0.25) is 0 Å². The normalized spacial score (nSPS) is 24.2. The lowest BCUT2D eigenvalue weighted by molar-refractivity contribution is 0.214. The van der Waals surface area contributed by atoms with E-state index >= 15 is 0 Å². The maximum Gasteiger partial charge on any atom is 0.0374 e. The van der Waals surface area contributed by atoms with Gasteiger partial charge < -0.3 is 5.32 Å². The molecule has 1 fully saturated rings. The summed E-state index contributed by atoms with van der Waals surface area (Å²) in [7, 11) is 0. The van der Waals surface area contributed by atoms with Gasteiger partial charge in [-0.05, 0) is 55.1 Å².